The Morgan fingerprint density at radius 2 is 2.04 bits per heavy atom. The fourth-order valence-corrected chi connectivity index (χ4v) is 4.64. The molecule has 4 rings (SSSR count). The van der Waals surface area contributed by atoms with Crippen LogP contribution < -0.4 is 16.6 Å². The highest BCUT2D eigenvalue weighted by Gasteiger charge is 2.50. The van der Waals surface area contributed by atoms with E-state index in [9.17, 15) is 9.59 Å². The smallest absolute Gasteiger partial charge is 0.279 e. The first-order chi connectivity index (χ1) is 13.5. The van der Waals surface area contributed by atoms with E-state index in [0.717, 1.165) is 37.0 Å². The van der Waals surface area contributed by atoms with Crippen molar-refractivity contribution in [1.29, 1.82) is 0 Å². The number of hydrogen-bond acceptors (Lipinski definition) is 5. The van der Waals surface area contributed by atoms with Crippen LogP contribution in [0.15, 0.2) is 30.6 Å². The number of rotatable bonds is 5. The summed E-state index contributed by atoms with van der Waals surface area (Å²) in [5, 5.41) is 10.8. The van der Waals surface area contributed by atoms with E-state index in [2.05, 4.69) is 33.1 Å². The van der Waals surface area contributed by atoms with Crippen LogP contribution in [-0.2, 0) is 36.1 Å². The number of carbonyl (C=O) groups excluding carboxylic acids is 2. The number of fused-ring (bicyclic) bond motifs is 1. The fourth-order valence-electron chi connectivity index (χ4n) is 4.64. The Kier molecular flexibility index (Phi) is 4.86. The third-order valence-electron chi connectivity index (χ3n) is 6.10. The van der Waals surface area contributed by atoms with Gasteiger partial charge in [0.2, 0.25) is 0 Å². The van der Waals surface area contributed by atoms with Gasteiger partial charge in [0.1, 0.15) is 31.3 Å². The Morgan fingerprint density at radius 1 is 1.32 bits per heavy atom. The van der Waals surface area contributed by atoms with Crippen LogP contribution >= 0.6 is 0 Å². The summed E-state index contributed by atoms with van der Waals surface area (Å²) < 4.78 is 2.47. The van der Waals surface area contributed by atoms with Gasteiger partial charge < -0.3 is 14.4 Å². The maximum absolute atomic E-state index is 13.2. The summed E-state index contributed by atoms with van der Waals surface area (Å²) in [6.07, 6.45) is 3.62. The van der Waals surface area contributed by atoms with E-state index in [1.165, 1.54) is 11.1 Å². The number of nitrogens with zero attached hydrogens (tertiary/aromatic N) is 4. The lowest BCUT2D eigenvalue weighted by Crippen LogP contribution is -2.58. The number of hydrazine groups is 1. The maximum Gasteiger partial charge on any atom is 0.279 e. The molecule has 1 spiro atoms. The van der Waals surface area contributed by atoms with Crippen LogP contribution in [0.5, 0.6) is 0 Å². The Balaban J connectivity index is 1.51. The van der Waals surface area contributed by atoms with E-state index in [1.807, 2.05) is 12.1 Å². The summed E-state index contributed by atoms with van der Waals surface area (Å²) in [6, 6.07) is 7.44. The van der Waals surface area contributed by atoms with Crippen molar-refractivity contribution in [3.8, 4) is 0 Å². The molecule has 0 bridgehead atoms. The Labute approximate surface area is 163 Å². The number of nitrogens with one attached hydrogen (secondary N) is 2. The number of amides is 2. The molecular formula is C19H26N7O2+. The SMILES string of the molecule is Cn1cnnc1CC(NC(=O)C1CCC[N+]12Cc1ccccc1C2)C(=O)NN. The number of nitrogens with two attached hydrogens (primary N) is 1. The number of carbonyl (C=O) groups is 2. The first kappa shape index (κ1) is 18.6. The van der Waals surface area contributed by atoms with Gasteiger partial charge in [-0.15, -0.1) is 10.2 Å². The average molecular weight is 384 g/mol. The summed E-state index contributed by atoms with van der Waals surface area (Å²) in [6.45, 7) is 2.71. The van der Waals surface area contributed by atoms with Gasteiger partial charge in [0.15, 0.2) is 6.04 Å². The van der Waals surface area contributed by atoms with Gasteiger partial charge >= 0.3 is 0 Å². The third-order valence-corrected chi connectivity index (χ3v) is 6.10. The molecule has 3 heterocycles. The molecule has 148 valence electrons. The maximum atomic E-state index is 13.2. The minimum absolute atomic E-state index is 0.0962. The van der Waals surface area contributed by atoms with Gasteiger partial charge in [0.25, 0.3) is 11.8 Å². The first-order valence-electron chi connectivity index (χ1n) is 9.59. The molecule has 1 fully saturated rings. The van der Waals surface area contributed by atoms with E-state index in [1.54, 1.807) is 17.9 Å². The van der Waals surface area contributed by atoms with Crippen molar-refractivity contribution < 1.29 is 14.1 Å². The number of quaternary nitrogens is 1. The van der Waals surface area contributed by atoms with Gasteiger partial charge in [0.05, 0.1) is 6.54 Å². The zero-order valence-electron chi connectivity index (χ0n) is 16.0. The van der Waals surface area contributed by atoms with Crippen LogP contribution in [0.25, 0.3) is 0 Å². The van der Waals surface area contributed by atoms with Crippen molar-refractivity contribution >= 4 is 11.8 Å². The molecule has 0 saturated carbocycles. The summed E-state index contributed by atoms with van der Waals surface area (Å²) >= 11 is 0. The number of aromatic nitrogens is 3. The minimum atomic E-state index is -0.786. The Morgan fingerprint density at radius 3 is 2.64 bits per heavy atom. The molecule has 9 nitrogen and oxygen atoms in total. The van der Waals surface area contributed by atoms with Crippen LogP contribution in [0.3, 0.4) is 0 Å². The second kappa shape index (κ2) is 7.33. The van der Waals surface area contributed by atoms with Crippen molar-refractivity contribution in [3.05, 3.63) is 47.5 Å². The molecule has 1 saturated heterocycles. The van der Waals surface area contributed by atoms with E-state index in [0.29, 0.717) is 5.82 Å². The third kappa shape index (κ3) is 3.27. The largest absolute Gasteiger partial charge is 0.339 e. The fraction of sp³-hybridized carbons (Fsp3) is 0.474. The second-order valence-corrected chi connectivity index (χ2v) is 7.82. The minimum Gasteiger partial charge on any atom is -0.339 e. The highest BCUT2D eigenvalue weighted by Crippen LogP contribution is 2.38. The zero-order chi connectivity index (χ0) is 19.7. The topological polar surface area (TPSA) is 115 Å². The molecule has 9 heteroatoms. The zero-order valence-corrected chi connectivity index (χ0v) is 16.0. The molecule has 2 amide bonds. The van der Waals surface area contributed by atoms with Crippen LogP contribution in [0, 0.1) is 0 Å². The molecule has 1 aromatic heterocycles. The van der Waals surface area contributed by atoms with Crippen molar-refractivity contribution in [2.45, 2.75) is 44.4 Å². The number of hydrogen-bond donors (Lipinski definition) is 3. The van der Waals surface area contributed by atoms with Gasteiger partial charge in [-0.3, -0.25) is 15.0 Å². The normalized spacial score (nSPS) is 20.7. The standard InChI is InChI=1S/C19H25N7O2/c1-25-12-21-24-17(25)9-15(18(27)23-20)22-19(28)16-7-4-8-26(16)10-13-5-2-3-6-14(13)11-26/h2-3,5-6,12,15-16H,4,7-11,20H2,1H3,(H-,22,23,27,28)/p+1. The summed E-state index contributed by atoms with van der Waals surface area (Å²) in [5.41, 5.74) is 4.79. The van der Waals surface area contributed by atoms with E-state index in [-0.39, 0.29) is 18.4 Å². The lowest BCUT2D eigenvalue weighted by molar-refractivity contribution is -0.950. The lowest BCUT2D eigenvalue weighted by Gasteiger charge is -2.35. The molecule has 2 aliphatic heterocycles. The van der Waals surface area contributed by atoms with Gasteiger partial charge in [0, 0.05) is 37.4 Å². The molecule has 2 unspecified atom stereocenters. The van der Waals surface area contributed by atoms with Gasteiger partial charge in [-0.25, -0.2) is 5.84 Å². The van der Waals surface area contributed by atoms with Crippen molar-refractivity contribution in [2.24, 2.45) is 12.9 Å². The molecule has 2 aliphatic rings. The van der Waals surface area contributed by atoms with Crippen LogP contribution in [0.1, 0.15) is 29.8 Å². The monoisotopic (exact) mass is 384 g/mol. The quantitative estimate of drug-likeness (QED) is 0.279. The Bertz CT molecular complexity index is 869. The Hall–Kier alpha value is -2.78. The van der Waals surface area contributed by atoms with Crippen molar-refractivity contribution in [1.82, 2.24) is 25.5 Å². The molecule has 2 aromatic rings. The van der Waals surface area contributed by atoms with Crippen LogP contribution in [0.4, 0.5) is 0 Å². The first-order valence-corrected chi connectivity index (χ1v) is 9.59. The van der Waals surface area contributed by atoms with Crippen LogP contribution in [-0.4, -0.2) is 49.7 Å². The van der Waals surface area contributed by atoms with E-state index in [4.69, 9.17) is 5.84 Å². The van der Waals surface area contributed by atoms with Gasteiger partial charge in [-0.05, 0) is 0 Å². The van der Waals surface area contributed by atoms with Crippen LogP contribution in [0.2, 0.25) is 0 Å². The molecule has 4 N–H and O–H groups in total. The highest BCUT2D eigenvalue weighted by atomic mass is 16.2. The summed E-state index contributed by atoms with van der Waals surface area (Å²) in [4.78, 5) is 25.5. The predicted octanol–water partition coefficient (Wildman–Crippen LogP) is -0.475. The van der Waals surface area contributed by atoms with E-state index < -0.39 is 11.9 Å². The van der Waals surface area contributed by atoms with E-state index >= 15 is 0 Å². The molecule has 28 heavy (non-hydrogen) atoms. The molecular weight excluding hydrogens is 358 g/mol. The summed E-state index contributed by atoms with van der Waals surface area (Å²) in [5.74, 6) is 5.42. The van der Waals surface area contributed by atoms with Crippen molar-refractivity contribution in [3.63, 3.8) is 0 Å². The second-order valence-electron chi connectivity index (χ2n) is 7.82. The average Bonchev–Trinajstić information content (AvgIpc) is 3.39. The van der Waals surface area contributed by atoms with Gasteiger partial charge in [-0.1, -0.05) is 24.3 Å². The van der Waals surface area contributed by atoms with Gasteiger partial charge in [-0.2, -0.15) is 0 Å². The lowest BCUT2D eigenvalue weighted by atomic mass is 10.1. The summed E-state index contributed by atoms with van der Waals surface area (Å²) in [7, 11) is 1.80. The molecule has 2 atom stereocenters. The van der Waals surface area contributed by atoms with Crippen molar-refractivity contribution in [2.75, 3.05) is 6.54 Å². The molecule has 0 aliphatic carbocycles. The molecule has 1 aromatic carbocycles. The number of aryl methyl sites for hydroxylation is 1. The predicted molar refractivity (Wildman–Crippen MR) is 101 cm³/mol. The molecule has 0 radical (unpaired) electrons. The highest BCUT2D eigenvalue weighted by molar-refractivity contribution is 5.89. The number of benzene rings is 1.